The number of hydrogen-bond acceptors (Lipinski definition) is 3. The van der Waals surface area contributed by atoms with Gasteiger partial charge in [0.05, 0.1) is 25.4 Å². The van der Waals surface area contributed by atoms with Gasteiger partial charge in [0, 0.05) is 12.6 Å². The first kappa shape index (κ1) is 13.7. The molecule has 1 aliphatic rings. The Morgan fingerprint density at radius 3 is 2.56 bits per heavy atom. The Balaban J connectivity index is 2.06. The van der Waals surface area contributed by atoms with E-state index in [1.165, 1.54) is 0 Å². The van der Waals surface area contributed by atoms with Crippen LogP contribution in [-0.4, -0.2) is 38.0 Å². The number of hydrogen-bond donors (Lipinski definition) is 1. The molecule has 0 aromatic carbocycles. The Kier molecular flexibility index (Phi) is 6.03. The topological polar surface area (TPSA) is 30.5 Å². The molecule has 94 valence electrons. The van der Waals surface area contributed by atoms with Crippen LogP contribution in [0, 0.1) is 0 Å². The fourth-order valence-corrected chi connectivity index (χ4v) is 2.15. The van der Waals surface area contributed by atoms with Gasteiger partial charge in [-0.2, -0.15) is 0 Å². The van der Waals surface area contributed by atoms with Crippen LogP contribution in [0.5, 0.6) is 0 Å². The minimum atomic E-state index is 0.373. The Morgan fingerprint density at radius 2 is 2.00 bits per heavy atom. The summed E-state index contributed by atoms with van der Waals surface area (Å²) in [5.41, 5.74) is 1.08. The second kappa shape index (κ2) is 7.05. The molecule has 3 nitrogen and oxygen atoms in total. The number of nitrogens with one attached hydrogen (secondary N) is 1. The molecule has 1 N–H and O–H groups in total. The largest absolute Gasteiger partial charge is 0.376 e. The lowest BCUT2D eigenvalue weighted by Crippen LogP contribution is -2.42. The maximum absolute atomic E-state index is 5.69. The van der Waals surface area contributed by atoms with E-state index in [2.05, 4.69) is 25.7 Å². The van der Waals surface area contributed by atoms with Crippen molar-refractivity contribution in [2.45, 2.75) is 51.9 Å². The van der Waals surface area contributed by atoms with Crippen LogP contribution in [-0.2, 0) is 9.47 Å². The van der Waals surface area contributed by atoms with Crippen LogP contribution in [0.2, 0.25) is 0 Å². The lowest BCUT2D eigenvalue weighted by Gasteiger charge is -2.32. The summed E-state index contributed by atoms with van der Waals surface area (Å²) in [4.78, 5) is 0. The van der Waals surface area contributed by atoms with E-state index < -0.39 is 0 Å². The van der Waals surface area contributed by atoms with Crippen molar-refractivity contribution in [1.82, 2.24) is 5.32 Å². The predicted molar refractivity (Wildman–Crippen MR) is 66.7 cm³/mol. The third-order valence-corrected chi connectivity index (χ3v) is 2.73. The zero-order valence-corrected chi connectivity index (χ0v) is 10.8. The van der Waals surface area contributed by atoms with E-state index >= 15 is 0 Å². The minimum absolute atomic E-state index is 0.373. The second-order valence-electron chi connectivity index (χ2n) is 4.89. The van der Waals surface area contributed by atoms with E-state index in [4.69, 9.17) is 9.47 Å². The van der Waals surface area contributed by atoms with Crippen molar-refractivity contribution in [2.24, 2.45) is 0 Å². The summed E-state index contributed by atoms with van der Waals surface area (Å²) in [6.07, 6.45) is 2.95. The molecule has 1 aliphatic heterocycles. The zero-order valence-electron chi connectivity index (χ0n) is 10.8. The van der Waals surface area contributed by atoms with E-state index in [9.17, 15) is 0 Å². The summed E-state index contributed by atoms with van der Waals surface area (Å²) >= 11 is 0. The van der Waals surface area contributed by atoms with Crippen molar-refractivity contribution in [3.05, 3.63) is 12.2 Å². The van der Waals surface area contributed by atoms with Crippen LogP contribution >= 0.6 is 0 Å². The van der Waals surface area contributed by atoms with E-state index in [-0.39, 0.29) is 0 Å². The Labute approximate surface area is 99.2 Å². The van der Waals surface area contributed by atoms with Gasteiger partial charge in [0.1, 0.15) is 0 Å². The number of ether oxygens (including phenoxy) is 2. The van der Waals surface area contributed by atoms with Crippen molar-refractivity contribution in [3.63, 3.8) is 0 Å². The Hall–Kier alpha value is -0.380. The average molecular weight is 227 g/mol. The van der Waals surface area contributed by atoms with Crippen LogP contribution in [0.15, 0.2) is 12.2 Å². The Morgan fingerprint density at radius 1 is 1.38 bits per heavy atom. The first-order valence-corrected chi connectivity index (χ1v) is 6.19. The van der Waals surface area contributed by atoms with E-state index in [1.807, 2.05) is 6.92 Å². The van der Waals surface area contributed by atoms with Crippen molar-refractivity contribution >= 4 is 0 Å². The summed E-state index contributed by atoms with van der Waals surface area (Å²) in [5, 5.41) is 3.52. The molecule has 2 atom stereocenters. The first-order valence-electron chi connectivity index (χ1n) is 6.19. The molecule has 0 aromatic heterocycles. The molecular weight excluding hydrogens is 202 g/mol. The molecule has 1 heterocycles. The molecule has 0 spiro atoms. The standard InChI is InChI=1S/C13H25NO2/c1-10(2)9-15-6-5-14-13-7-11(3)16-12(4)8-13/h11-14H,1,5-9H2,2-4H3. The quantitative estimate of drug-likeness (QED) is 0.557. The maximum Gasteiger partial charge on any atom is 0.0672 e. The third kappa shape index (κ3) is 5.64. The molecular formula is C13H25NO2. The summed E-state index contributed by atoms with van der Waals surface area (Å²) in [7, 11) is 0. The molecule has 3 heteroatoms. The zero-order chi connectivity index (χ0) is 12.0. The van der Waals surface area contributed by atoms with Gasteiger partial charge >= 0.3 is 0 Å². The lowest BCUT2D eigenvalue weighted by molar-refractivity contribution is -0.0427. The van der Waals surface area contributed by atoms with Crippen LogP contribution < -0.4 is 5.32 Å². The van der Waals surface area contributed by atoms with Crippen LogP contribution in [0.3, 0.4) is 0 Å². The first-order chi connectivity index (χ1) is 7.58. The van der Waals surface area contributed by atoms with Gasteiger partial charge in [-0.15, -0.1) is 0 Å². The fourth-order valence-electron chi connectivity index (χ4n) is 2.15. The molecule has 1 fully saturated rings. The monoisotopic (exact) mass is 227 g/mol. The van der Waals surface area contributed by atoms with Crippen LogP contribution in [0.25, 0.3) is 0 Å². The average Bonchev–Trinajstić information content (AvgIpc) is 2.15. The maximum atomic E-state index is 5.69. The van der Waals surface area contributed by atoms with E-state index in [0.717, 1.165) is 31.6 Å². The van der Waals surface area contributed by atoms with Crippen LogP contribution in [0.1, 0.15) is 33.6 Å². The van der Waals surface area contributed by atoms with Crippen molar-refractivity contribution < 1.29 is 9.47 Å². The molecule has 16 heavy (non-hydrogen) atoms. The third-order valence-electron chi connectivity index (χ3n) is 2.73. The summed E-state index contributed by atoms with van der Waals surface area (Å²) in [5.74, 6) is 0. The van der Waals surface area contributed by atoms with Gasteiger partial charge < -0.3 is 14.8 Å². The molecule has 0 saturated carbocycles. The summed E-state index contributed by atoms with van der Waals surface area (Å²) in [6.45, 7) is 12.4. The predicted octanol–water partition coefficient (Wildman–Crippen LogP) is 2.12. The van der Waals surface area contributed by atoms with Gasteiger partial charge in [0.15, 0.2) is 0 Å². The minimum Gasteiger partial charge on any atom is -0.376 e. The highest BCUT2D eigenvalue weighted by molar-refractivity contribution is 4.87. The highest BCUT2D eigenvalue weighted by atomic mass is 16.5. The molecule has 1 saturated heterocycles. The summed E-state index contributed by atoms with van der Waals surface area (Å²) < 4.78 is 11.1. The van der Waals surface area contributed by atoms with Crippen molar-refractivity contribution in [3.8, 4) is 0 Å². The molecule has 0 aromatic rings. The van der Waals surface area contributed by atoms with E-state index in [0.29, 0.717) is 24.9 Å². The molecule has 0 aliphatic carbocycles. The molecule has 0 bridgehead atoms. The van der Waals surface area contributed by atoms with Gasteiger partial charge in [-0.3, -0.25) is 0 Å². The smallest absolute Gasteiger partial charge is 0.0672 e. The highest BCUT2D eigenvalue weighted by Crippen LogP contribution is 2.18. The van der Waals surface area contributed by atoms with E-state index in [1.54, 1.807) is 0 Å². The molecule has 0 radical (unpaired) electrons. The molecule has 2 unspecified atom stereocenters. The van der Waals surface area contributed by atoms with Crippen molar-refractivity contribution in [2.75, 3.05) is 19.8 Å². The molecule has 1 rings (SSSR count). The fraction of sp³-hybridized carbons (Fsp3) is 0.846. The van der Waals surface area contributed by atoms with Crippen LogP contribution in [0.4, 0.5) is 0 Å². The lowest BCUT2D eigenvalue weighted by atomic mass is 10.00. The second-order valence-corrected chi connectivity index (χ2v) is 4.89. The van der Waals surface area contributed by atoms with Gasteiger partial charge in [-0.25, -0.2) is 0 Å². The van der Waals surface area contributed by atoms with Gasteiger partial charge in [-0.05, 0) is 33.6 Å². The summed E-state index contributed by atoms with van der Waals surface area (Å²) in [6, 6.07) is 0.576. The normalized spacial score (nSPS) is 30.3. The number of rotatable bonds is 6. The van der Waals surface area contributed by atoms with Crippen molar-refractivity contribution in [1.29, 1.82) is 0 Å². The van der Waals surface area contributed by atoms with Gasteiger partial charge in [-0.1, -0.05) is 12.2 Å². The molecule has 0 amide bonds. The SMILES string of the molecule is C=C(C)COCCNC1CC(C)OC(C)C1. The van der Waals surface area contributed by atoms with Gasteiger partial charge in [0.25, 0.3) is 0 Å². The Bertz CT molecular complexity index is 208. The van der Waals surface area contributed by atoms with Gasteiger partial charge in [0.2, 0.25) is 0 Å². The highest BCUT2D eigenvalue weighted by Gasteiger charge is 2.23.